The van der Waals surface area contributed by atoms with Gasteiger partial charge in [-0.05, 0) is 93.1 Å². The van der Waals surface area contributed by atoms with E-state index in [1.807, 2.05) is 0 Å². The molecule has 2 heterocycles. The molecule has 2 atom stereocenters. The third-order valence-corrected chi connectivity index (χ3v) is 10.7. The van der Waals surface area contributed by atoms with Crippen LogP contribution in [0.5, 0.6) is 5.75 Å². The van der Waals surface area contributed by atoms with Crippen molar-refractivity contribution in [1.29, 1.82) is 0 Å². The fraction of sp³-hybridized carbons (Fsp3) is 0.324. The zero-order chi connectivity index (χ0) is 34.9. The number of rotatable bonds is 10. The van der Waals surface area contributed by atoms with Crippen molar-refractivity contribution in [2.45, 2.75) is 55.8 Å². The second-order valence-corrected chi connectivity index (χ2v) is 14.3. The second kappa shape index (κ2) is 13.6. The van der Waals surface area contributed by atoms with Gasteiger partial charge in [0.25, 0.3) is 0 Å². The number of anilines is 3. The number of hydrogen-bond acceptors (Lipinski definition) is 8. The first kappa shape index (κ1) is 34.4. The van der Waals surface area contributed by atoms with E-state index in [-0.39, 0.29) is 40.6 Å². The van der Waals surface area contributed by atoms with Crippen molar-refractivity contribution >= 4 is 49.8 Å². The van der Waals surface area contributed by atoms with Gasteiger partial charge >= 0.3 is 6.09 Å². The maximum Gasteiger partial charge on any atom is 0.411 e. The largest absolute Gasteiger partial charge is 0.491 e. The van der Waals surface area contributed by atoms with Crippen LogP contribution in [0.25, 0.3) is 10.8 Å². The van der Waals surface area contributed by atoms with Gasteiger partial charge in [-0.25, -0.2) is 27.0 Å². The summed E-state index contributed by atoms with van der Waals surface area (Å²) in [6.07, 6.45) is 1.12. The summed E-state index contributed by atoms with van der Waals surface area (Å²) >= 11 is 0. The van der Waals surface area contributed by atoms with Crippen molar-refractivity contribution in [3.8, 4) is 5.75 Å². The summed E-state index contributed by atoms with van der Waals surface area (Å²) in [7, 11) is -2.55. The quantitative estimate of drug-likeness (QED) is 0.175. The number of ether oxygens (including phenoxy) is 1. The van der Waals surface area contributed by atoms with Gasteiger partial charge in [0.05, 0.1) is 22.8 Å². The number of aromatic nitrogens is 1. The van der Waals surface area contributed by atoms with E-state index in [0.29, 0.717) is 41.2 Å². The first-order chi connectivity index (χ1) is 22.7. The molecule has 48 heavy (non-hydrogen) atoms. The normalized spacial score (nSPS) is 15.5. The van der Waals surface area contributed by atoms with Gasteiger partial charge in [-0.3, -0.25) is 9.69 Å². The summed E-state index contributed by atoms with van der Waals surface area (Å²) in [6, 6.07) is 10.7. The van der Waals surface area contributed by atoms with Crippen molar-refractivity contribution in [3.05, 3.63) is 83.6 Å². The SMILES string of the molecule is CCOc1cc([C@@H](Nc2ccc3c(N)nccc3c2)C(=O)N2CCC[C@@H]2c2cc(N(C)C(=O)O)ccc2S(=O)(=O)C(C)C)c(F)cc1F. The van der Waals surface area contributed by atoms with Gasteiger partial charge in [0.15, 0.2) is 21.4 Å². The predicted molar refractivity (Wildman–Crippen MR) is 179 cm³/mol. The van der Waals surface area contributed by atoms with E-state index in [1.165, 1.54) is 50.2 Å². The number of halogens is 2. The standard InChI is InChI=1S/C34H37F2N5O6S/c1-5-47-29-17-24(26(35)18-27(29)36)31(39-21-8-10-23-20(15-21)12-13-38-32(23)37)33(42)41-14-6-7-28(41)25-16-22(40(4)34(43)44)9-11-30(25)48(45,46)19(2)3/h8-13,15-19,28,31,39H,5-7,14H2,1-4H3,(H2,37,38)(H,43,44)/t28-,31-/m1/s1. The predicted octanol–water partition coefficient (Wildman–Crippen LogP) is 6.31. The third kappa shape index (κ3) is 6.57. The molecule has 5 rings (SSSR count). The first-order valence-corrected chi connectivity index (χ1v) is 17.0. The molecule has 0 spiro atoms. The van der Waals surface area contributed by atoms with E-state index in [4.69, 9.17) is 10.5 Å². The van der Waals surface area contributed by atoms with Gasteiger partial charge in [-0.15, -0.1) is 0 Å². The molecule has 254 valence electrons. The van der Waals surface area contributed by atoms with Crippen LogP contribution in [0.4, 0.5) is 30.8 Å². The number of nitrogens with one attached hydrogen (secondary N) is 1. The monoisotopic (exact) mass is 681 g/mol. The number of likely N-dealkylation sites (tertiary alicyclic amines) is 1. The fourth-order valence-corrected chi connectivity index (χ4v) is 7.20. The highest BCUT2D eigenvalue weighted by Crippen LogP contribution is 2.41. The molecule has 1 fully saturated rings. The molecule has 11 nitrogen and oxygen atoms in total. The number of pyridine rings is 1. The van der Waals surface area contributed by atoms with E-state index in [9.17, 15) is 27.5 Å². The number of carboxylic acid groups (broad SMARTS) is 1. The average Bonchev–Trinajstić information content (AvgIpc) is 3.54. The lowest BCUT2D eigenvalue weighted by molar-refractivity contribution is -0.133. The highest BCUT2D eigenvalue weighted by atomic mass is 32.2. The zero-order valence-corrected chi connectivity index (χ0v) is 27.7. The number of hydrogen-bond donors (Lipinski definition) is 3. The Morgan fingerprint density at radius 2 is 1.88 bits per heavy atom. The maximum absolute atomic E-state index is 15.7. The Hall–Kier alpha value is -4.98. The minimum Gasteiger partial charge on any atom is -0.491 e. The molecule has 3 aromatic carbocycles. The molecule has 0 unspecified atom stereocenters. The number of amides is 2. The van der Waals surface area contributed by atoms with Gasteiger partial charge < -0.3 is 25.8 Å². The Bertz CT molecular complexity index is 1990. The summed E-state index contributed by atoms with van der Waals surface area (Å²) in [5.74, 6) is -2.46. The molecule has 0 saturated carbocycles. The lowest BCUT2D eigenvalue weighted by Crippen LogP contribution is -2.38. The van der Waals surface area contributed by atoms with E-state index in [0.717, 1.165) is 11.0 Å². The topological polar surface area (TPSA) is 155 Å². The molecule has 0 aliphatic carbocycles. The molecule has 1 aliphatic heterocycles. The summed E-state index contributed by atoms with van der Waals surface area (Å²) in [5.41, 5.74) is 6.73. The van der Waals surface area contributed by atoms with Crippen molar-refractivity contribution < 1.29 is 36.6 Å². The van der Waals surface area contributed by atoms with E-state index in [2.05, 4.69) is 10.3 Å². The molecule has 1 saturated heterocycles. The second-order valence-electron chi connectivity index (χ2n) is 11.8. The lowest BCUT2D eigenvalue weighted by Gasteiger charge is -2.32. The molecule has 0 bridgehead atoms. The molecule has 0 radical (unpaired) electrons. The number of nitrogens with zero attached hydrogens (tertiary/aromatic N) is 3. The number of sulfone groups is 1. The minimum atomic E-state index is -3.88. The van der Waals surface area contributed by atoms with Crippen molar-refractivity contribution in [2.75, 3.05) is 36.1 Å². The molecule has 14 heteroatoms. The Kier molecular flexibility index (Phi) is 9.76. The van der Waals surface area contributed by atoms with Gasteiger partial charge in [0.1, 0.15) is 17.7 Å². The van der Waals surface area contributed by atoms with Crippen LogP contribution >= 0.6 is 0 Å². The molecular weight excluding hydrogens is 644 g/mol. The molecular formula is C34H37F2N5O6S. The van der Waals surface area contributed by atoms with Gasteiger partial charge in [0.2, 0.25) is 5.91 Å². The van der Waals surface area contributed by atoms with Gasteiger partial charge in [-0.2, -0.15) is 0 Å². The van der Waals surface area contributed by atoms with Crippen LogP contribution in [-0.4, -0.2) is 60.9 Å². The molecule has 1 aromatic heterocycles. The van der Waals surface area contributed by atoms with Gasteiger partial charge in [-0.1, -0.05) is 0 Å². The first-order valence-electron chi connectivity index (χ1n) is 15.4. The summed E-state index contributed by atoms with van der Waals surface area (Å²) in [6.45, 7) is 5.01. The third-order valence-electron chi connectivity index (χ3n) is 8.50. The Morgan fingerprint density at radius 1 is 1.12 bits per heavy atom. The van der Waals surface area contributed by atoms with Gasteiger partial charge in [0, 0.05) is 48.2 Å². The highest BCUT2D eigenvalue weighted by Gasteiger charge is 2.39. The number of nitrogens with two attached hydrogens (primary N) is 1. The van der Waals surface area contributed by atoms with Crippen LogP contribution in [0.2, 0.25) is 0 Å². The summed E-state index contributed by atoms with van der Waals surface area (Å²) in [5, 5.41) is 13.3. The molecule has 4 N–H and O–H groups in total. The van der Waals surface area contributed by atoms with E-state index in [1.54, 1.807) is 31.2 Å². The number of nitrogen functional groups attached to an aromatic ring is 1. The number of benzene rings is 3. The molecule has 2 amide bonds. The Labute approximate surface area is 277 Å². The van der Waals surface area contributed by atoms with Crippen molar-refractivity contribution in [1.82, 2.24) is 9.88 Å². The van der Waals surface area contributed by atoms with Crippen LogP contribution in [0.15, 0.2) is 65.7 Å². The Balaban J connectivity index is 1.64. The molecule has 1 aliphatic rings. The van der Waals surface area contributed by atoms with E-state index < -0.39 is 50.8 Å². The van der Waals surface area contributed by atoms with Crippen LogP contribution in [-0.2, 0) is 14.6 Å². The summed E-state index contributed by atoms with van der Waals surface area (Å²) < 4.78 is 62.8. The Morgan fingerprint density at radius 3 is 2.56 bits per heavy atom. The van der Waals surface area contributed by atoms with E-state index >= 15 is 4.39 Å². The highest BCUT2D eigenvalue weighted by molar-refractivity contribution is 7.92. The average molecular weight is 682 g/mol. The van der Waals surface area contributed by atoms with Crippen LogP contribution < -0.4 is 20.7 Å². The van der Waals surface area contributed by atoms with Crippen LogP contribution in [0.1, 0.15) is 56.8 Å². The number of carbonyl (C=O) groups is 2. The van der Waals surface area contributed by atoms with Crippen LogP contribution in [0, 0.1) is 11.6 Å². The zero-order valence-electron chi connectivity index (χ0n) is 26.9. The number of carbonyl (C=O) groups excluding carboxylic acids is 1. The number of fused-ring (bicyclic) bond motifs is 1. The van der Waals surface area contributed by atoms with Crippen molar-refractivity contribution in [2.24, 2.45) is 0 Å². The lowest BCUT2D eigenvalue weighted by atomic mass is 10.00. The fourth-order valence-electron chi connectivity index (χ4n) is 5.91. The minimum absolute atomic E-state index is 0.0263. The maximum atomic E-state index is 15.7. The van der Waals surface area contributed by atoms with Crippen molar-refractivity contribution in [3.63, 3.8) is 0 Å². The van der Waals surface area contributed by atoms with Crippen LogP contribution in [0.3, 0.4) is 0 Å². The smallest absolute Gasteiger partial charge is 0.411 e. The summed E-state index contributed by atoms with van der Waals surface area (Å²) in [4.78, 5) is 32.9. The molecule has 4 aromatic rings.